The van der Waals surface area contributed by atoms with Crippen LogP contribution in [0.25, 0.3) is 0 Å². The highest BCUT2D eigenvalue weighted by Gasteiger charge is 2.14. The zero-order valence-corrected chi connectivity index (χ0v) is 10.2. The first-order chi connectivity index (χ1) is 8.06. The fraction of sp³-hybridized carbons (Fsp3) is 0.0909. The highest BCUT2D eigenvalue weighted by atomic mass is 79.9. The summed E-state index contributed by atoms with van der Waals surface area (Å²) in [5.74, 6) is -1.15. The minimum Gasteiger partial charge on any atom is -0.477 e. The van der Waals surface area contributed by atoms with E-state index in [1.807, 2.05) is 24.3 Å². The summed E-state index contributed by atoms with van der Waals surface area (Å²) in [6, 6.07) is 7.46. The van der Waals surface area contributed by atoms with Crippen molar-refractivity contribution in [3.05, 3.63) is 56.2 Å². The predicted molar refractivity (Wildman–Crippen MR) is 65.3 cm³/mol. The summed E-state index contributed by atoms with van der Waals surface area (Å²) >= 11 is 3.33. The van der Waals surface area contributed by atoms with Gasteiger partial charge in [-0.1, -0.05) is 28.1 Å². The molecule has 0 unspecified atom stereocenters. The number of benzene rings is 1. The summed E-state index contributed by atoms with van der Waals surface area (Å²) < 4.78 is 0.907. The molecule has 6 heteroatoms. The van der Waals surface area contributed by atoms with Crippen LogP contribution in [0.2, 0.25) is 0 Å². The molecule has 0 aliphatic heterocycles. The van der Waals surface area contributed by atoms with E-state index in [1.54, 1.807) is 0 Å². The predicted octanol–water partition coefficient (Wildman–Crippen LogP) is 1.75. The highest BCUT2D eigenvalue weighted by molar-refractivity contribution is 9.10. The molecule has 1 aromatic carbocycles. The maximum Gasteiger partial charge on any atom is 0.354 e. The maximum atomic E-state index is 11.1. The van der Waals surface area contributed by atoms with Crippen molar-refractivity contribution in [3.63, 3.8) is 0 Å². The van der Waals surface area contributed by atoms with Crippen molar-refractivity contribution in [2.24, 2.45) is 0 Å². The molecular weight excluding hydrogens is 288 g/mol. The second kappa shape index (κ2) is 4.58. The first-order valence-electron chi connectivity index (χ1n) is 4.85. The molecule has 1 heterocycles. The number of aromatic carboxylic acids is 1. The van der Waals surface area contributed by atoms with Gasteiger partial charge in [-0.3, -0.25) is 4.98 Å². The molecule has 0 atom stereocenters. The number of hydrogen-bond donors (Lipinski definition) is 3. The van der Waals surface area contributed by atoms with Crippen molar-refractivity contribution >= 4 is 21.9 Å². The molecule has 1 aromatic heterocycles. The summed E-state index contributed by atoms with van der Waals surface area (Å²) in [7, 11) is 0. The van der Waals surface area contributed by atoms with Crippen molar-refractivity contribution in [1.82, 2.24) is 9.97 Å². The molecule has 0 bridgehead atoms. The number of carboxylic acid groups (broad SMARTS) is 1. The number of nitrogens with one attached hydrogen (secondary N) is 2. The molecule has 0 fully saturated rings. The average molecular weight is 297 g/mol. The molecule has 3 N–H and O–H groups in total. The van der Waals surface area contributed by atoms with Crippen LogP contribution in [0.15, 0.2) is 33.5 Å². The molecule has 0 radical (unpaired) electrons. The molecule has 0 saturated heterocycles. The standard InChI is InChI=1S/C11H9BrN2O3/c12-7-3-1-2-6(4-7)5-8-9(10(15)16)14-11(17)13-8/h1-4H,5H2,(H,15,16)(H2,13,14,17). The van der Waals surface area contributed by atoms with Crippen LogP contribution in [0.3, 0.4) is 0 Å². The molecule has 0 spiro atoms. The average Bonchev–Trinajstić information content (AvgIpc) is 2.59. The zero-order valence-electron chi connectivity index (χ0n) is 8.66. The number of hydrogen-bond acceptors (Lipinski definition) is 2. The molecule has 0 saturated carbocycles. The van der Waals surface area contributed by atoms with Gasteiger partial charge in [0.1, 0.15) is 5.69 Å². The topological polar surface area (TPSA) is 85.9 Å². The number of carbonyl (C=O) groups is 1. The van der Waals surface area contributed by atoms with Gasteiger partial charge in [-0.05, 0) is 17.7 Å². The van der Waals surface area contributed by atoms with Crippen LogP contribution in [-0.2, 0) is 6.42 Å². The third-order valence-corrected chi connectivity index (χ3v) is 2.78. The Labute approximate surface area is 105 Å². The monoisotopic (exact) mass is 296 g/mol. The quantitative estimate of drug-likeness (QED) is 0.806. The van der Waals surface area contributed by atoms with Crippen molar-refractivity contribution in [2.75, 3.05) is 0 Å². The Morgan fingerprint density at radius 1 is 1.35 bits per heavy atom. The number of carboxylic acids is 1. The van der Waals surface area contributed by atoms with Gasteiger partial charge in [0.2, 0.25) is 0 Å². The Morgan fingerprint density at radius 2 is 2.12 bits per heavy atom. The number of imidazole rings is 1. The summed E-state index contributed by atoms with van der Waals surface area (Å²) in [5, 5.41) is 8.91. The Bertz CT molecular complexity index is 615. The molecule has 5 nitrogen and oxygen atoms in total. The van der Waals surface area contributed by atoms with Crippen molar-refractivity contribution < 1.29 is 9.90 Å². The molecule has 0 amide bonds. The Kier molecular flexibility index (Phi) is 3.14. The molecule has 2 rings (SSSR count). The largest absolute Gasteiger partial charge is 0.477 e. The lowest BCUT2D eigenvalue weighted by Crippen LogP contribution is -2.04. The second-order valence-electron chi connectivity index (χ2n) is 3.54. The fourth-order valence-electron chi connectivity index (χ4n) is 1.59. The molecule has 17 heavy (non-hydrogen) atoms. The summed E-state index contributed by atoms with van der Waals surface area (Å²) in [5.41, 5.74) is 0.695. The van der Waals surface area contributed by atoms with Crippen molar-refractivity contribution in [1.29, 1.82) is 0 Å². The van der Waals surface area contributed by atoms with Gasteiger partial charge in [-0.15, -0.1) is 0 Å². The lowest BCUT2D eigenvalue weighted by Gasteiger charge is -2.01. The number of aromatic nitrogens is 2. The summed E-state index contributed by atoms with van der Waals surface area (Å²) in [6.45, 7) is 0. The van der Waals surface area contributed by atoms with Crippen LogP contribution in [0.5, 0.6) is 0 Å². The van der Waals surface area contributed by atoms with E-state index in [-0.39, 0.29) is 5.69 Å². The summed E-state index contributed by atoms with van der Waals surface area (Å²) in [6.07, 6.45) is 0.361. The molecule has 88 valence electrons. The van der Waals surface area contributed by atoms with E-state index in [1.165, 1.54) is 0 Å². The maximum absolute atomic E-state index is 11.1. The van der Waals surface area contributed by atoms with Crippen molar-refractivity contribution in [3.8, 4) is 0 Å². The van der Waals surface area contributed by atoms with Crippen LogP contribution < -0.4 is 5.69 Å². The lowest BCUT2D eigenvalue weighted by molar-refractivity contribution is 0.0690. The third kappa shape index (κ3) is 2.65. The normalized spacial score (nSPS) is 10.4. The van der Waals surface area contributed by atoms with E-state index in [9.17, 15) is 9.59 Å². The Hall–Kier alpha value is -1.82. The number of rotatable bonds is 3. The number of aromatic amines is 2. The van der Waals surface area contributed by atoms with Gasteiger partial charge in [0.05, 0.1) is 5.69 Å². The minimum absolute atomic E-state index is 0.0880. The van der Waals surface area contributed by atoms with Gasteiger partial charge < -0.3 is 10.1 Å². The third-order valence-electron chi connectivity index (χ3n) is 2.29. The van der Waals surface area contributed by atoms with Gasteiger partial charge in [-0.25, -0.2) is 9.59 Å². The van der Waals surface area contributed by atoms with Gasteiger partial charge in [-0.2, -0.15) is 0 Å². The van der Waals surface area contributed by atoms with E-state index in [4.69, 9.17) is 5.11 Å². The zero-order chi connectivity index (χ0) is 12.4. The first kappa shape index (κ1) is 11.7. The molecule has 2 aromatic rings. The fourth-order valence-corrected chi connectivity index (χ4v) is 2.03. The Balaban J connectivity index is 2.36. The number of H-pyrrole nitrogens is 2. The summed E-state index contributed by atoms with van der Waals surface area (Å²) in [4.78, 5) is 26.7. The van der Waals surface area contributed by atoms with E-state index in [0.717, 1.165) is 10.0 Å². The molecule has 0 aliphatic rings. The van der Waals surface area contributed by atoms with Crippen molar-refractivity contribution in [2.45, 2.75) is 6.42 Å². The molecule has 0 aliphatic carbocycles. The minimum atomic E-state index is -1.15. The van der Waals surface area contributed by atoms with E-state index in [2.05, 4.69) is 25.9 Å². The number of halogens is 1. The van der Waals surface area contributed by atoms with Crippen LogP contribution in [0.1, 0.15) is 21.7 Å². The highest BCUT2D eigenvalue weighted by Crippen LogP contribution is 2.15. The van der Waals surface area contributed by atoms with Crippen LogP contribution >= 0.6 is 15.9 Å². The van der Waals surface area contributed by atoms with Crippen LogP contribution in [-0.4, -0.2) is 21.0 Å². The lowest BCUT2D eigenvalue weighted by atomic mass is 10.1. The van der Waals surface area contributed by atoms with Crippen LogP contribution in [0, 0.1) is 0 Å². The van der Waals surface area contributed by atoms with Gasteiger partial charge in [0.15, 0.2) is 0 Å². The molecular formula is C11H9BrN2O3. The Morgan fingerprint density at radius 3 is 2.76 bits per heavy atom. The van der Waals surface area contributed by atoms with Gasteiger partial charge >= 0.3 is 11.7 Å². The van der Waals surface area contributed by atoms with Gasteiger partial charge in [0.25, 0.3) is 0 Å². The first-order valence-corrected chi connectivity index (χ1v) is 5.64. The smallest absolute Gasteiger partial charge is 0.354 e. The van der Waals surface area contributed by atoms with Gasteiger partial charge in [0, 0.05) is 10.9 Å². The van der Waals surface area contributed by atoms with Crippen LogP contribution in [0.4, 0.5) is 0 Å². The van der Waals surface area contributed by atoms with E-state index >= 15 is 0 Å². The van der Waals surface area contributed by atoms with E-state index in [0.29, 0.717) is 12.1 Å². The van der Waals surface area contributed by atoms with E-state index < -0.39 is 11.7 Å². The SMILES string of the molecule is O=C(O)c1[nH]c(=O)[nH]c1Cc1cccc(Br)c1. The second-order valence-corrected chi connectivity index (χ2v) is 4.46.